The number of nitrogens with one attached hydrogen (secondary N) is 1. The third-order valence-corrected chi connectivity index (χ3v) is 3.77. The first-order valence-corrected chi connectivity index (χ1v) is 7.19. The second kappa shape index (κ2) is 6.12. The Bertz CT molecular complexity index is 610. The van der Waals surface area contributed by atoms with Crippen molar-refractivity contribution < 1.29 is 13.2 Å². The van der Waals surface area contributed by atoms with Crippen LogP contribution < -0.4 is 11.3 Å². The SMILES string of the molecule is CC(C)N(Cc1nc(NN)c2ccsc2n1)CC(F)(F)F. The smallest absolute Gasteiger partial charge is 0.308 e. The highest BCUT2D eigenvalue weighted by Gasteiger charge is 2.32. The van der Waals surface area contributed by atoms with Crippen molar-refractivity contribution in [3.8, 4) is 0 Å². The van der Waals surface area contributed by atoms with Gasteiger partial charge in [0.25, 0.3) is 0 Å². The molecule has 0 spiro atoms. The highest BCUT2D eigenvalue weighted by molar-refractivity contribution is 7.16. The van der Waals surface area contributed by atoms with Gasteiger partial charge in [-0.3, -0.25) is 4.90 Å². The van der Waals surface area contributed by atoms with Crippen molar-refractivity contribution >= 4 is 27.4 Å². The van der Waals surface area contributed by atoms with Gasteiger partial charge in [0.15, 0.2) is 5.82 Å². The fourth-order valence-electron chi connectivity index (χ4n) is 1.91. The molecule has 0 saturated carbocycles. The van der Waals surface area contributed by atoms with Crippen molar-refractivity contribution in [1.29, 1.82) is 0 Å². The van der Waals surface area contributed by atoms with Crippen molar-refractivity contribution in [2.75, 3.05) is 12.0 Å². The minimum absolute atomic E-state index is 0.0136. The quantitative estimate of drug-likeness (QED) is 0.655. The van der Waals surface area contributed by atoms with Gasteiger partial charge in [0.1, 0.15) is 10.7 Å². The standard InChI is InChI=1S/C12H16F3N5S/c1-7(2)20(6-12(13,14)15)5-9-17-10(19-16)8-3-4-21-11(8)18-9/h3-4,7H,5-6,16H2,1-2H3,(H,17,18,19). The first-order chi connectivity index (χ1) is 9.80. The molecule has 0 radical (unpaired) electrons. The van der Waals surface area contributed by atoms with Crippen LogP contribution in [0.1, 0.15) is 19.7 Å². The van der Waals surface area contributed by atoms with Crippen LogP contribution in [-0.4, -0.2) is 33.6 Å². The lowest BCUT2D eigenvalue weighted by Crippen LogP contribution is -2.39. The molecule has 0 aliphatic heterocycles. The lowest BCUT2D eigenvalue weighted by atomic mass is 10.3. The molecule has 2 aromatic heterocycles. The van der Waals surface area contributed by atoms with Gasteiger partial charge in [-0.15, -0.1) is 11.3 Å². The number of halogens is 3. The van der Waals surface area contributed by atoms with Crippen molar-refractivity contribution in [3.05, 3.63) is 17.3 Å². The predicted octanol–water partition coefficient (Wildman–Crippen LogP) is 2.75. The molecule has 0 atom stereocenters. The van der Waals surface area contributed by atoms with Crippen LogP contribution in [0.3, 0.4) is 0 Å². The molecular weight excluding hydrogens is 303 g/mol. The minimum atomic E-state index is -4.26. The summed E-state index contributed by atoms with van der Waals surface area (Å²) in [5.41, 5.74) is 2.46. The molecular formula is C12H16F3N5S. The third kappa shape index (κ3) is 4.02. The van der Waals surface area contributed by atoms with E-state index in [4.69, 9.17) is 5.84 Å². The van der Waals surface area contributed by atoms with E-state index in [9.17, 15) is 13.2 Å². The average molecular weight is 319 g/mol. The van der Waals surface area contributed by atoms with E-state index in [0.717, 1.165) is 5.39 Å². The summed E-state index contributed by atoms with van der Waals surface area (Å²) in [6.45, 7) is 2.43. The summed E-state index contributed by atoms with van der Waals surface area (Å²) in [5.74, 6) is 6.15. The van der Waals surface area contributed by atoms with Gasteiger partial charge < -0.3 is 5.43 Å². The number of hydrogen-bond acceptors (Lipinski definition) is 6. The number of hydrogen-bond donors (Lipinski definition) is 2. The van der Waals surface area contributed by atoms with Gasteiger partial charge in [0, 0.05) is 6.04 Å². The molecule has 0 unspecified atom stereocenters. The Kier molecular flexibility index (Phi) is 4.64. The molecule has 0 aromatic carbocycles. The lowest BCUT2D eigenvalue weighted by molar-refractivity contribution is -0.151. The Hall–Kier alpha value is -1.45. The van der Waals surface area contributed by atoms with Crippen LogP contribution >= 0.6 is 11.3 Å². The van der Waals surface area contributed by atoms with Crippen molar-refractivity contribution in [2.45, 2.75) is 32.6 Å². The molecule has 2 rings (SSSR count). The van der Waals surface area contributed by atoms with E-state index in [-0.39, 0.29) is 12.6 Å². The minimum Gasteiger partial charge on any atom is -0.308 e. The maximum absolute atomic E-state index is 12.6. The number of nitrogen functional groups attached to an aromatic ring is 1. The molecule has 0 aliphatic rings. The summed E-state index contributed by atoms with van der Waals surface area (Å²) in [5, 5.41) is 2.60. The number of hydrazine groups is 1. The molecule has 5 nitrogen and oxygen atoms in total. The zero-order chi connectivity index (χ0) is 15.6. The molecule has 2 heterocycles. The molecule has 116 valence electrons. The zero-order valence-corrected chi connectivity index (χ0v) is 12.4. The summed E-state index contributed by atoms with van der Waals surface area (Å²) in [6, 6.07) is 1.54. The number of nitrogens with zero attached hydrogens (tertiary/aromatic N) is 3. The highest BCUT2D eigenvalue weighted by Crippen LogP contribution is 2.25. The van der Waals surface area contributed by atoms with Gasteiger partial charge in [-0.2, -0.15) is 13.2 Å². The molecule has 9 heteroatoms. The van der Waals surface area contributed by atoms with Crippen molar-refractivity contribution in [3.63, 3.8) is 0 Å². The normalized spacial score (nSPS) is 12.6. The second-order valence-corrected chi connectivity index (χ2v) is 5.78. The summed E-state index contributed by atoms with van der Waals surface area (Å²) in [6.07, 6.45) is -4.26. The molecule has 0 aliphatic carbocycles. The molecule has 0 amide bonds. The van der Waals surface area contributed by atoms with Gasteiger partial charge >= 0.3 is 6.18 Å². The van der Waals surface area contributed by atoms with E-state index in [2.05, 4.69) is 15.4 Å². The highest BCUT2D eigenvalue weighted by atomic mass is 32.1. The summed E-state index contributed by atoms with van der Waals surface area (Å²) >= 11 is 1.39. The maximum Gasteiger partial charge on any atom is 0.401 e. The van der Waals surface area contributed by atoms with E-state index in [1.165, 1.54) is 16.2 Å². The molecule has 3 N–H and O–H groups in total. The Morgan fingerprint density at radius 1 is 1.38 bits per heavy atom. The third-order valence-electron chi connectivity index (χ3n) is 2.97. The fourth-order valence-corrected chi connectivity index (χ4v) is 2.70. The van der Waals surface area contributed by atoms with Crippen LogP contribution in [0.2, 0.25) is 0 Å². The summed E-state index contributed by atoms with van der Waals surface area (Å²) in [4.78, 5) is 10.5. The van der Waals surface area contributed by atoms with E-state index >= 15 is 0 Å². The number of nitrogens with two attached hydrogens (primary N) is 1. The Balaban J connectivity index is 2.28. The first-order valence-electron chi connectivity index (χ1n) is 6.31. The van der Waals surface area contributed by atoms with E-state index in [1.807, 2.05) is 11.4 Å². The van der Waals surface area contributed by atoms with Crippen molar-refractivity contribution in [2.24, 2.45) is 5.84 Å². The topological polar surface area (TPSA) is 67.1 Å². The van der Waals surface area contributed by atoms with Crippen LogP contribution in [-0.2, 0) is 6.54 Å². The first kappa shape index (κ1) is 15.9. The number of rotatable bonds is 5. The van der Waals surface area contributed by atoms with Gasteiger partial charge in [0.2, 0.25) is 0 Å². The number of fused-ring (bicyclic) bond motifs is 1. The van der Waals surface area contributed by atoms with Crippen molar-refractivity contribution in [1.82, 2.24) is 14.9 Å². The van der Waals surface area contributed by atoms with E-state index in [0.29, 0.717) is 16.5 Å². The predicted molar refractivity (Wildman–Crippen MR) is 76.8 cm³/mol. The average Bonchev–Trinajstić information content (AvgIpc) is 2.83. The largest absolute Gasteiger partial charge is 0.401 e. The molecule has 2 aromatic rings. The Morgan fingerprint density at radius 2 is 2.10 bits per heavy atom. The summed E-state index contributed by atoms with van der Waals surface area (Å²) < 4.78 is 37.8. The summed E-state index contributed by atoms with van der Waals surface area (Å²) in [7, 11) is 0. The van der Waals surface area contributed by atoms with Gasteiger partial charge in [-0.05, 0) is 25.3 Å². The van der Waals surface area contributed by atoms with E-state index < -0.39 is 12.7 Å². The van der Waals surface area contributed by atoms with Crippen LogP contribution in [0.25, 0.3) is 10.2 Å². The van der Waals surface area contributed by atoms with Gasteiger partial charge in [0.05, 0.1) is 18.5 Å². The number of aromatic nitrogens is 2. The fraction of sp³-hybridized carbons (Fsp3) is 0.500. The van der Waals surface area contributed by atoms with Crippen LogP contribution in [0.15, 0.2) is 11.4 Å². The Labute approximate surface area is 123 Å². The van der Waals surface area contributed by atoms with Gasteiger partial charge in [-0.25, -0.2) is 15.8 Å². The molecule has 0 bridgehead atoms. The van der Waals surface area contributed by atoms with Crippen LogP contribution in [0.5, 0.6) is 0 Å². The Morgan fingerprint density at radius 3 is 2.67 bits per heavy atom. The van der Waals surface area contributed by atoms with E-state index in [1.54, 1.807) is 13.8 Å². The maximum atomic E-state index is 12.6. The molecule has 0 fully saturated rings. The van der Waals surface area contributed by atoms with Crippen LogP contribution in [0.4, 0.5) is 19.0 Å². The lowest BCUT2D eigenvalue weighted by Gasteiger charge is -2.26. The monoisotopic (exact) mass is 319 g/mol. The number of thiophene rings is 1. The number of anilines is 1. The molecule has 0 saturated heterocycles. The van der Waals surface area contributed by atoms with Gasteiger partial charge in [-0.1, -0.05) is 0 Å². The van der Waals surface area contributed by atoms with Crippen LogP contribution in [0, 0.1) is 0 Å². The second-order valence-electron chi connectivity index (χ2n) is 4.89. The zero-order valence-electron chi connectivity index (χ0n) is 11.6. The number of alkyl halides is 3. The molecule has 21 heavy (non-hydrogen) atoms.